The van der Waals surface area contributed by atoms with Crippen molar-refractivity contribution in [3.05, 3.63) is 29.8 Å². The third-order valence-electron chi connectivity index (χ3n) is 2.63. The minimum Gasteiger partial charge on any atom is -0.349 e. The van der Waals surface area contributed by atoms with Crippen molar-refractivity contribution in [1.29, 1.82) is 0 Å². The van der Waals surface area contributed by atoms with Gasteiger partial charge in [0.05, 0.1) is 6.61 Å². The van der Waals surface area contributed by atoms with E-state index in [1.54, 1.807) is 12.1 Å². The van der Waals surface area contributed by atoms with Gasteiger partial charge in [-0.2, -0.15) is 0 Å². The van der Waals surface area contributed by atoms with Gasteiger partial charge in [0.25, 0.3) is 0 Å². The molecule has 1 aromatic rings. The molecule has 1 aliphatic heterocycles. The Hall–Kier alpha value is -1.68. The maximum Gasteiger partial charge on any atom is 0.186 e. The van der Waals surface area contributed by atoms with E-state index in [4.69, 9.17) is 4.74 Å². The fourth-order valence-corrected chi connectivity index (χ4v) is 1.78. The molecule has 1 aromatic carbocycles. The number of benzene rings is 1. The molecule has 1 saturated heterocycles. The number of aldehydes is 1. The summed E-state index contributed by atoms with van der Waals surface area (Å²) >= 11 is 0. The molecule has 1 unspecified atom stereocenters. The number of Topliss-reactive ketones (excluding diaryl/α,β-unsaturated/α-hetero) is 1. The molecule has 1 aliphatic rings. The van der Waals surface area contributed by atoms with Gasteiger partial charge in [0.1, 0.15) is 0 Å². The second-order valence-corrected chi connectivity index (χ2v) is 3.70. The minimum atomic E-state index is -0.526. The van der Waals surface area contributed by atoms with Gasteiger partial charge in [0.2, 0.25) is 0 Å². The Kier molecular flexibility index (Phi) is 3.01. The van der Waals surface area contributed by atoms with Crippen molar-refractivity contribution in [2.45, 2.75) is 13.2 Å². The molecule has 2 rings (SSSR count). The van der Waals surface area contributed by atoms with Crippen LogP contribution in [-0.2, 0) is 9.53 Å². The second-order valence-electron chi connectivity index (χ2n) is 3.70. The number of rotatable bonds is 3. The van der Waals surface area contributed by atoms with Gasteiger partial charge in [-0.1, -0.05) is 12.1 Å². The molecule has 0 amide bonds. The molecule has 4 nitrogen and oxygen atoms in total. The topological polar surface area (TPSA) is 46.6 Å². The van der Waals surface area contributed by atoms with Gasteiger partial charge in [0.15, 0.2) is 18.3 Å². The van der Waals surface area contributed by atoms with E-state index in [1.807, 2.05) is 17.0 Å². The van der Waals surface area contributed by atoms with E-state index in [2.05, 4.69) is 0 Å². The molecule has 0 saturated carbocycles. The van der Waals surface area contributed by atoms with E-state index in [0.717, 1.165) is 12.0 Å². The van der Waals surface area contributed by atoms with Crippen LogP contribution in [0.5, 0.6) is 0 Å². The lowest BCUT2D eigenvalue weighted by atomic mass is 10.1. The molecular weight excluding hydrogens is 206 g/mol. The first-order chi connectivity index (χ1) is 7.72. The maximum absolute atomic E-state index is 11.2. The number of anilines is 1. The van der Waals surface area contributed by atoms with E-state index >= 15 is 0 Å². The summed E-state index contributed by atoms with van der Waals surface area (Å²) in [5.41, 5.74) is 1.50. The normalized spacial score (nSPS) is 19.8. The van der Waals surface area contributed by atoms with Crippen LogP contribution in [0.4, 0.5) is 5.69 Å². The number of hydrogen-bond acceptors (Lipinski definition) is 4. The summed E-state index contributed by atoms with van der Waals surface area (Å²) in [5, 5.41) is 0. The largest absolute Gasteiger partial charge is 0.349 e. The van der Waals surface area contributed by atoms with Crippen LogP contribution in [-0.4, -0.2) is 31.4 Å². The lowest BCUT2D eigenvalue weighted by Gasteiger charge is -2.21. The molecule has 84 valence electrons. The summed E-state index contributed by atoms with van der Waals surface area (Å²) in [6.45, 7) is 2.73. The molecular formula is C12H13NO3. The Morgan fingerprint density at radius 1 is 1.56 bits per heavy atom. The standard InChI is InChI=1S/C12H13NO3/c1-9(15)10-3-2-4-11(7-10)13-5-6-16-12(13)8-14/h2-4,7-8,12H,5-6H2,1H3. The van der Waals surface area contributed by atoms with E-state index in [0.29, 0.717) is 18.7 Å². The van der Waals surface area contributed by atoms with Crippen molar-refractivity contribution >= 4 is 17.8 Å². The third-order valence-corrected chi connectivity index (χ3v) is 2.63. The number of hydrogen-bond donors (Lipinski definition) is 0. The lowest BCUT2D eigenvalue weighted by Crippen LogP contribution is -2.31. The van der Waals surface area contributed by atoms with Crippen LogP contribution in [0.3, 0.4) is 0 Å². The Labute approximate surface area is 93.8 Å². The zero-order valence-corrected chi connectivity index (χ0v) is 9.05. The summed E-state index contributed by atoms with van der Waals surface area (Å²) in [6, 6.07) is 7.23. The zero-order valence-electron chi connectivity index (χ0n) is 9.05. The molecule has 0 bridgehead atoms. The van der Waals surface area contributed by atoms with Crippen molar-refractivity contribution in [2.24, 2.45) is 0 Å². The van der Waals surface area contributed by atoms with Crippen molar-refractivity contribution < 1.29 is 14.3 Å². The van der Waals surface area contributed by atoms with E-state index < -0.39 is 6.23 Å². The average Bonchev–Trinajstić information content (AvgIpc) is 2.77. The highest BCUT2D eigenvalue weighted by molar-refractivity contribution is 5.95. The number of ketones is 1. The monoisotopic (exact) mass is 219 g/mol. The minimum absolute atomic E-state index is 0.0182. The van der Waals surface area contributed by atoms with Crippen molar-refractivity contribution in [3.63, 3.8) is 0 Å². The molecule has 0 radical (unpaired) electrons. The summed E-state index contributed by atoms with van der Waals surface area (Å²) in [4.78, 5) is 23.9. The molecule has 0 aromatic heterocycles. The zero-order chi connectivity index (χ0) is 11.5. The number of nitrogens with zero attached hydrogens (tertiary/aromatic N) is 1. The predicted octanol–water partition coefficient (Wildman–Crippen LogP) is 1.25. The number of carbonyl (C=O) groups is 2. The van der Waals surface area contributed by atoms with Crippen LogP contribution in [0, 0.1) is 0 Å². The highest BCUT2D eigenvalue weighted by atomic mass is 16.5. The van der Waals surface area contributed by atoms with Crippen molar-refractivity contribution in [1.82, 2.24) is 0 Å². The van der Waals surface area contributed by atoms with Crippen molar-refractivity contribution in [2.75, 3.05) is 18.1 Å². The van der Waals surface area contributed by atoms with Gasteiger partial charge in [-0.3, -0.25) is 9.59 Å². The Balaban J connectivity index is 2.29. The van der Waals surface area contributed by atoms with E-state index in [-0.39, 0.29) is 5.78 Å². The second kappa shape index (κ2) is 4.45. The highest BCUT2D eigenvalue weighted by Gasteiger charge is 2.24. The summed E-state index contributed by atoms with van der Waals surface area (Å²) in [6.07, 6.45) is 0.246. The van der Waals surface area contributed by atoms with Crippen LogP contribution in [0.25, 0.3) is 0 Å². The summed E-state index contributed by atoms with van der Waals surface area (Å²) < 4.78 is 5.24. The van der Waals surface area contributed by atoms with Crippen LogP contribution in [0.15, 0.2) is 24.3 Å². The predicted molar refractivity (Wildman–Crippen MR) is 59.6 cm³/mol. The number of carbonyl (C=O) groups excluding carboxylic acids is 2. The molecule has 0 aliphatic carbocycles. The van der Waals surface area contributed by atoms with Crippen LogP contribution < -0.4 is 4.90 Å². The molecule has 0 N–H and O–H groups in total. The highest BCUT2D eigenvalue weighted by Crippen LogP contribution is 2.21. The van der Waals surface area contributed by atoms with Crippen molar-refractivity contribution in [3.8, 4) is 0 Å². The van der Waals surface area contributed by atoms with E-state index in [9.17, 15) is 9.59 Å². The Bertz CT molecular complexity index is 416. The quantitative estimate of drug-likeness (QED) is 0.567. The van der Waals surface area contributed by atoms with Gasteiger partial charge in [-0.25, -0.2) is 0 Å². The van der Waals surface area contributed by atoms with Gasteiger partial charge in [-0.15, -0.1) is 0 Å². The lowest BCUT2D eigenvalue weighted by molar-refractivity contribution is -0.115. The molecule has 1 atom stereocenters. The van der Waals surface area contributed by atoms with Gasteiger partial charge in [0, 0.05) is 17.8 Å². The summed E-state index contributed by atoms with van der Waals surface area (Å²) in [5.74, 6) is 0.0182. The van der Waals surface area contributed by atoms with Crippen LogP contribution in [0.1, 0.15) is 17.3 Å². The SMILES string of the molecule is CC(=O)c1cccc(N2CCOC2C=O)c1. The van der Waals surface area contributed by atoms with Gasteiger partial charge in [-0.05, 0) is 19.1 Å². The van der Waals surface area contributed by atoms with Gasteiger partial charge >= 0.3 is 0 Å². The van der Waals surface area contributed by atoms with Gasteiger partial charge < -0.3 is 9.64 Å². The first kappa shape index (κ1) is 10.8. The first-order valence-corrected chi connectivity index (χ1v) is 5.17. The van der Waals surface area contributed by atoms with Crippen LogP contribution >= 0.6 is 0 Å². The molecule has 16 heavy (non-hydrogen) atoms. The first-order valence-electron chi connectivity index (χ1n) is 5.17. The fourth-order valence-electron chi connectivity index (χ4n) is 1.78. The smallest absolute Gasteiger partial charge is 0.186 e. The molecule has 4 heteroatoms. The maximum atomic E-state index is 11.2. The number of ether oxygens (including phenoxy) is 1. The van der Waals surface area contributed by atoms with Crippen LogP contribution in [0.2, 0.25) is 0 Å². The third kappa shape index (κ3) is 1.97. The molecule has 1 fully saturated rings. The Morgan fingerprint density at radius 3 is 3.06 bits per heavy atom. The van der Waals surface area contributed by atoms with E-state index in [1.165, 1.54) is 6.92 Å². The molecule has 1 heterocycles. The fraction of sp³-hybridized carbons (Fsp3) is 0.333. The Morgan fingerprint density at radius 2 is 2.38 bits per heavy atom. The average molecular weight is 219 g/mol. The summed E-state index contributed by atoms with van der Waals surface area (Å²) in [7, 11) is 0. The molecule has 0 spiro atoms.